The molecule has 0 radical (unpaired) electrons. The highest BCUT2D eigenvalue weighted by Crippen LogP contribution is 2.36. The maximum absolute atomic E-state index is 13.9. The molecular formula is C25H21N5O3S. The standard InChI is InChI=1S/C25H21N5O3S/c1-15-11-12-16(2)21(13-15)34(32,33)23-22-25(29-19-9-5-4-8-18(19)28-22)30(24(23)26)27-14-17-7-3-6-10-20(17)31/h3-14,31H,26H2,1-2H3/b27-14-. The van der Waals surface area contributed by atoms with Gasteiger partial charge in [-0.2, -0.15) is 9.78 Å². The predicted molar refractivity (Wildman–Crippen MR) is 132 cm³/mol. The van der Waals surface area contributed by atoms with Gasteiger partial charge < -0.3 is 10.8 Å². The summed E-state index contributed by atoms with van der Waals surface area (Å²) in [5, 5.41) is 14.5. The molecule has 8 nitrogen and oxygen atoms in total. The molecule has 0 aliphatic carbocycles. The number of nitrogens with two attached hydrogens (primary N) is 1. The second-order valence-electron chi connectivity index (χ2n) is 7.99. The van der Waals surface area contributed by atoms with Gasteiger partial charge in [-0.1, -0.05) is 36.4 Å². The van der Waals surface area contributed by atoms with Gasteiger partial charge in [-0.25, -0.2) is 18.4 Å². The summed E-state index contributed by atoms with van der Waals surface area (Å²) < 4.78 is 29.0. The lowest BCUT2D eigenvalue weighted by Crippen LogP contribution is -2.08. The number of para-hydroxylation sites is 3. The van der Waals surface area contributed by atoms with Crippen molar-refractivity contribution in [3.8, 4) is 5.75 Å². The molecule has 5 rings (SSSR count). The van der Waals surface area contributed by atoms with Gasteiger partial charge in [0.15, 0.2) is 5.65 Å². The topological polar surface area (TPSA) is 123 Å². The van der Waals surface area contributed by atoms with Crippen molar-refractivity contribution in [3.05, 3.63) is 83.4 Å². The van der Waals surface area contributed by atoms with E-state index in [9.17, 15) is 13.5 Å². The summed E-state index contributed by atoms with van der Waals surface area (Å²) in [6.07, 6.45) is 1.40. The molecule has 0 spiro atoms. The molecule has 0 atom stereocenters. The first-order valence-electron chi connectivity index (χ1n) is 10.5. The number of aromatic nitrogens is 3. The third-order valence-electron chi connectivity index (χ3n) is 5.58. The van der Waals surface area contributed by atoms with E-state index in [2.05, 4.69) is 15.1 Å². The molecule has 3 N–H and O–H groups in total. The number of phenolic OH excluding ortho intramolecular Hbond substituents is 1. The van der Waals surface area contributed by atoms with Crippen LogP contribution in [0.5, 0.6) is 5.75 Å². The molecule has 0 fully saturated rings. The van der Waals surface area contributed by atoms with E-state index >= 15 is 0 Å². The molecule has 2 heterocycles. The van der Waals surface area contributed by atoms with Gasteiger partial charge in [0.1, 0.15) is 22.0 Å². The lowest BCUT2D eigenvalue weighted by Gasteiger charge is -2.09. The molecule has 3 aromatic carbocycles. The zero-order valence-electron chi connectivity index (χ0n) is 18.5. The molecule has 9 heteroatoms. The Labute approximate surface area is 195 Å². The SMILES string of the molecule is Cc1ccc(C)c(S(=O)(=O)c2c(N)n(/N=C\c3ccccc3O)c3nc4ccccc4nc23)c1. The monoisotopic (exact) mass is 471 g/mol. The number of hydrogen-bond acceptors (Lipinski definition) is 7. The Morgan fingerprint density at radius 3 is 2.38 bits per heavy atom. The lowest BCUT2D eigenvalue weighted by atomic mass is 10.2. The first-order chi connectivity index (χ1) is 16.3. The highest BCUT2D eigenvalue weighted by Gasteiger charge is 2.31. The summed E-state index contributed by atoms with van der Waals surface area (Å²) in [7, 11) is -4.06. The van der Waals surface area contributed by atoms with Crippen molar-refractivity contribution in [1.29, 1.82) is 0 Å². The number of aryl methyl sites for hydroxylation is 2. The summed E-state index contributed by atoms with van der Waals surface area (Å²) in [4.78, 5) is 9.23. The van der Waals surface area contributed by atoms with Crippen LogP contribution in [-0.2, 0) is 9.84 Å². The van der Waals surface area contributed by atoms with E-state index in [4.69, 9.17) is 5.73 Å². The van der Waals surface area contributed by atoms with Gasteiger partial charge in [-0.05, 0) is 55.3 Å². The number of rotatable bonds is 4. The van der Waals surface area contributed by atoms with E-state index in [1.165, 1.54) is 17.0 Å². The first kappa shape index (κ1) is 21.6. The Hall–Kier alpha value is -4.24. The smallest absolute Gasteiger partial charge is 0.212 e. The normalized spacial score (nSPS) is 12.2. The fourth-order valence-corrected chi connectivity index (χ4v) is 5.63. The molecule has 0 aliphatic heterocycles. The van der Waals surface area contributed by atoms with Crippen molar-refractivity contribution >= 4 is 44.1 Å². The zero-order valence-corrected chi connectivity index (χ0v) is 19.3. The molecule has 5 aromatic rings. The van der Waals surface area contributed by atoms with Crippen LogP contribution in [-0.4, -0.2) is 34.4 Å². The van der Waals surface area contributed by atoms with Gasteiger partial charge in [0.25, 0.3) is 0 Å². The highest BCUT2D eigenvalue weighted by molar-refractivity contribution is 7.92. The molecule has 0 bridgehead atoms. The third kappa shape index (κ3) is 3.46. The maximum Gasteiger partial charge on any atom is 0.212 e. The molecule has 0 saturated heterocycles. The van der Waals surface area contributed by atoms with Crippen molar-refractivity contribution in [1.82, 2.24) is 14.6 Å². The maximum atomic E-state index is 13.9. The fraction of sp³-hybridized carbons (Fsp3) is 0.0800. The zero-order chi connectivity index (χ0) is 24.0. The van der Waals surface area contributed by atoms with E-state index in [-0.39, 0.29) is 32.5 Å². The number of aromatic hydroxyl groups is 1. The number of anilines is 1. The van der Waals surface area contributed by atoms with Crippen LogP contribution in [0.2, 0.25) is 0 Å². The summed E-state index contributed by atoms with van der Waals surface area (Å²) in [6.45, 7) is 3.56. The Bertz CT molecular complexity index is 1720. The van der Waals surface area contributed by atoms with Crippen molar-refractivity contribution in [2.75, 3.05) is 5.73 Å². The van der Waals surface area contributed by atoms with Crippen molar-refractivity contribution in [3.63, 3.8) is 0 Å². The minimum absolute atomic E-state index is 0.0287. The minimum Gasteiger partial charge on any atom is -0.507 e. The van der Waals surface area contributed by atoms with Crippen LogP contribution in [0.1, 0.15) is 16.7 Å². The van der Waals surface area contributed by atoms with Crippen LogP contribution in [0, 0.1) is 13.8 Å². The summed E-state index contributed by atoms with van der Waals surface area (Å²) >= 11 is 0. The molecule has 0 saturated carbocycles. The van der Waals surface area contributed by atoms with E-state index in [1.54, 1.807) is 55.5 Å². The summed E-state index contributed by atoms with van der Waals surface area (Å²) in [5.41, 5.74) is 9.70. The van der Waals surface area contributed by atoms with Gasteiger partial charge in [0.2, 0.25) is 9.84 Å². The second kappa shape index (κ2) is 7.96. The van der Waals surface area contributed by atoms with Crippen LogP contribution in [0.4, 0.5) is 5.82 Å². The summed E-state index contributed by atoms with van der Waals surface area (Å²) in [6, 6.07) is 19.0. The number of nitrogen functional groups attached to an aromatic ring is 1. The number of fused-ring (bicyclic) bond motifs is 2. The van der Waals surface area contributed by atoms with Gasteiger partial charge in [0, 0.05) is 5.56 Å². The number of hydrogen-bond donors (Lipinski definition) is 2. The van der Waals surface area contributed by atoms with E-state index in [1.807, 2.05) is 19.1 Å². The van der Waals surface area contributed by atoms with Gasteiger partial charge >= 0.3 is 0 Å². The fourth-order valence-electron chi connectivity index (χ4n) is 3.83. The van der Waals surface area contributed by atoms with E-state index in [0.717, 1.165) is 5.56 Å². The van der Waals surface area contributed by atoms with Gasteiger partial charge in [-0.15, -0.1) is 0 Å². The number of phenols is 1. The molecule has 2 aromatic heterocycles. The van der Waals surface area contributed by atoms with Crippen molar-refractivity contribution in [2.24, 2.45) is 5.10 Å². The molecular weight excluding hydrogens is 450 g/mol. The van der Waals surface area contributed by atoms with E-state index < -0.39 is 9.84 Å². The Kier molecular flexibility index (Phi) is 5.06. The molecule has 34 heavy (non-hydrogen) atoms. The quantitative estimate of drug-likeness (QED) is 0.379. The predicted octanol–water partition coefficient (Wildman–Crippen LogP) is 4.20. The molecule has 0 aliphatic rings. The highest BCUT2D eigenvalue weighted by atomic mass is 32.2. The Morgan fingerprint density at radius 2 is 1.65 bits per heavy atom. The average Bonchev–Trinajstić information content (AvgIpc) is 3.09. The molecule has 170 valence electrons. The Morgan fingerprint density at radius 1 is 0.971 bits per heavy atom. The van der Waals surface area contributed by atoms with Gasteiger partial charge in [0.05, 0.1) is 22.1 Å². The number of sulfone groups is 1. The largest absolute Gasteiger partial charge is 0.507 e. The minimum atomic E-state index is -4.06. The third-order valence-corrected chi connectivity index (χ3v) is 7.54. The average molecular weight is 472 g/mol. The Balaban J connectivity index is 1.83. The first-order valence-corrected chi connectivity index (χ1v) is 12.0. The number of benzene rings is 3. The van der Waals surface area contributed by atoms with E-state index in [0.29, 0.717) is 22.2 Å². The van der Waals surface area contributed by atoms with Crippen LogP contribution in [0.15, 0.2) is 81.6 Å². The second-order valence-corrected chi connectivity index (χ2v) is 9.84. The number of nitrogens with zero attached hydrogens (tertiary/aromatic N) is 4. The summed E-state index contributed by atoms with van der Waals surface area (Å²) in [5.74, 6) is -0.0843. The van der Waals surface area contributed by atoms with Crippen molar-refractivity contribution < 1.29 is 13.5 Å². The van der Waals surface area contributed by atoms with Crippen LogP contribution in [0.3, 0.4) is 0 Å². The molecule has 0 amide bonds. The molecule has 0 unspecified atom stereocenters. The van der Waals surface area contributed by atoms with Crippen molar-refractivity contribution in [2.45, 2.75) is 23.6 Å². The van der Waals surface area contributed by atoms with Crippen LogP contribution < -0.4 is 5.73 Å². The van der Waals surface area contributed by atoms with Crippen LogP contribution >= 0.6 is 0 Å². The van der Waals surface area contributed by atoms with Gasteiger partial charge in [-0.3, -0.25) is 0 Å². The van der Waals surface area contributed by atoms with Crippen LogP contribution in [0.25, 0.3) is 22.2 Å². The lowest BCUT2D eigenvalue weighted by molar-refractivity contribution is 0.474.